The molecule has 0 saturated carbocycles. The molecule has 0 bridgehead atoms. The van der Waals surface area contributed by atoms with Crippen molar-refractivity contribution in [3.63, 3.8) is 0 Å². The van der Waals surface area contributed by atoms with Gasteiger partial charge in [-0.05, 0) is 45.0 Å². The number of nitrogens with zero attached hydrogens (tertiary/aromatic N) is 3. The second kappa shape index (κ2) is 6.48. The normalized spacial score (nSPS) is 20.7. The molecule has 0 unspecified atom stereocenters. The van der Waals surface area contributed by atoms with Gasteiger partial charge in [0.2, 0.25) is 0 Å². The molecule has 0 aliphatic carbocycles. The zero-order chi connectivity index (χ0) is 18.4. The number of imidazole rings is 1. The van der Waals surface area contributed by atoms with Crippen molar-refractivity contribution in [1.29, 1.82) is 0 Å². The molecule has 1 saturated heterocycles. The summed E-state index contributed by atoms with van der Waals surface area (Å²) in [7, 11) is 0. The third-order valence-corrected chi connectivity index (χ3v) is 5.74. The summed E-state index contributed by atoms with van der Waals surface area (Å²) < 4.78 is 20.8. The van der Waals surface area contributed by atoms with Gasteiger partial charge in [0.1, 0.15) is 10.7 Å². The second-order valence-electron chi connectivity index (χ2n) is 6.77. The van der Waals surface area contributed by atoms with Crippen LogP contribution in [0.5, 0.6) is 0 Å². The summed E-state index contributed by atoms with van der Waals surface area (Å²) in [4.78, 5) is 20.9. The van der Waals surface area contributed by atoms with Gasteiger partial charge in [-0.3, -0.25) is 9.20 Å². The van der Waals surface area contributed by atoms with Gasteiger partial charge in [0.15, 0.2) is 4.96 Å². The summed E-state index contributed by atoms with van der Waals surface area (Å²) in [6.07, 6.45) is 1.98. The number of rotatable bonds is 2. The Morgan fingerprint density at radius 1 is 1.23 bits per heavy atom. The highest BCUT2D eigenvalue weighted by Crippen LogP contribution is 2.29. The maximum atomic E-state index is 13.1. The van der Waals surface area contributed by atoms with Crippen LogP contribution in [0.15, 0.2) is 30.5 Å². The third kappa shape index (κ3) is 3.01. The SMILES string of the molecule is Cc1c(C(=O)N2C[C@@H](C)O[C@H](C)C2)sc2nc(-c3ccc(F)cc3)cn12. The average molecular weight is 373 g/mol. The number of halogens is 1. The summed E-state index contributed by atoms with van der Waals surface area (Å²) in [5, 5.41) is 0. The van der Waals surface area contributed by atoms with Crippen molar-refractivity contribution >= 4 is 22.2 Å². The van der Waals surface area contributed by atoms with Crippen LogP contribution >= 0.6 is 11.3 Å². The largest absolute Gasteiger partial charge is 0.372 e. The maximum absolute atomic E-state index is 13.1. The van der Waals surface area contributed by atoms with Crippen molar-refractivity contribution in [1.82, 2.24) is 14.3 Å². The fourth-order valence-electron chi connectivity index (χ4n) is 3.40. The van der Waals surface area contributed by atoms with E-state index in [2.05, 4.69) is 4.98 Å². The van der Waals surface area contributed by atoms with Gasteiger partial charge in [-0.25, -0.2) is 9.37 Å². The maximum Gasteiger partial charge on any atom is 0.266 e. The van der Waals surface area contributed by atoms with Crippen LogP contribution in [0.25, 0.3) is 16.2 Å². The predicted octanol–water partition coefficient (Wildman–Crippen LogP) is 3.76. The molecular formula is C19H20FN3O2S. The molecule has 0 N–H and O–H groups in total. The van der Waals surface area contributed by atoms with Gasteiger partial charge < -0.3 is 9.64 Å². The monoisotopic (exact) mass is 373 g/mol. The first kappa shape index (κ1) is 17.2. The Morgan fingerprint density at radius 3 is 2.50 bits per heavy atom. The fraction of sp³-hybridized carbons (Fsp3) is 0.368. The van der Waals surface area contributed by atoms with E-state index in [-0.39, 0.29) is 23.9 Å². The number of fused-ring (bicyclic) bond motifs is 1. The molecule has 0 radical (unpaired) electrons. The van der Waals surface area contributed by atoms with E-state index >= 15 is 0 Å². The molecule has 136 valence electrons. The van der Waals surface area contributed by atoms with Crippen LogP contribution in [0.1, 0.15) is 29.2 Å². The van der Waals surface area contributed by atoms with Crippen molar-refractivity contribution in [2.75, 3.05) is 13.1 Å². The molecule has 2 atom stereocenters. The molecule has 26 heavy (non-hydrogen) atoms. The summed E-state index contributed by atoms with van der Waals surface area (Å²) in [5.41, 5.74) is 2.50. The molecule has 1 aliphatic heterocycles. The highest BCUT2D eigenvalue weighted by molar-refractivity contribution is 7.19. The Balaban J connectivity index is 1.65. The number of hydrogen-bond donors (Lipinski definition) is 0. The minimum absolute atomic E-state index is 0.0309. The lowest BCUT2D eigenvalue weighted by Gasteiger charge is -2.35. The van der Waals surface area contributed by atoms with Crippen molar-refractivity contribution in [3.05, 3.63) is 46.9 Å². The van der Waals surface area contributed by atoms with Crippen LogP contribution in [0.3, 0.4) is 0 Å². The van der Waals surface area contributed by atoms with Gasteiger partial charge in [-0.1, -0.05) is 11.3 Å². The number of aromatic nitrogens is 2. The lowest BCUT2D eigenvalue weighted by molar-refractivity contribution is -0.0585. The van der Waals surface area contributed by atoms with E-state index in [1.54, 1.807) is 12.1 Å². The molecule has 1 amide bonds. The molecule has 1 aromatic carbocycles. The first-order valence-electron chi connectivity index (χ1n) is 8.61. The summed E-state index contributed by atoms with van der Waals surface area (Å²) in [6.45, 7) is 7.10. The van der Waals surface area contributed by atoms with Crippen molar-refractivity contribution < 1.29 is 13.9 Å². The van der Waals surface area contributed by atoms with E-state index < -0.39 is 0 Å². The smallest absolute Gasteiger partial charge is 0.266 e. The molecule has 3 heterocycles. The molecule has 1 aliphatic rings. The van der Waals surface area contributed by atoms with Crippen LogP contribution in [-0.2, 0) is 4.74 Å². The van der Waals surface area contributed by atoms with Crippen LogP contribution in [0, 0.1) is 12.7 Å². The average Bonchev–Trinajstić information content (AvgIpc) is 3.14. The minimum Gasteiger partial charge on any atom is -0.372 e. The van der Waals surface area contributed by atoms with Crippen LogP contribution in [-0.4, -0.2) is 45.5 Å². The van der Waals surface area contributed by atoms with E-state index in [1.807, 2.05) is 36.3 Å². The third-order valence-electron chi connectivity index (χ3n) is 4.60. The van der Waals surface area contributed by atoms with Gasteiger partial charge >= 0.3 is 0 Å². The molecular weight excluding hydrogens is 353 g/mol. The highest BCUT2D eigenvalue weighted by atomic mass is 32.1. The predicted molar refractivity (Wildman–Crippen MR) is 99.1 cm³/mol. The van der Waals surface area contributed by atoms with E-state index in [9.17, 15) is 9.18 Å². The van der Waals surface area contributed by atoms with E-state index in [1.165, 1.54) is 23.5 Å². The van der Waals surface area contributed by atoms with Gasteiger partial charge in [0, 0.05) is 30.5 Å². The molecule has 0 spiro atoms. The van der Waals surface area contributed by atoms with E-state index in [0.29, 0.717) is 18.0 Å². The molecule has 1 fully saturated rings. The Morgan fingerprint density at radius 2 is 1.88 bits per heavy atom. The molecule has 5 nitrogen and oxygen atoms in total. The number of morpholine rings is 1. The number of ether oxygens (including phenoxy) is 1. The first-order chi connectivity index (χ1) is 12.4. The van der Waals surface area contributed by atoms with Crippen molar-refractivity contribution in [2.45, 2.75) is 33.0 Å². The van der Waals surface area contributed by atoms with Gasteiger partial charge in [-0.2, -0.15) is 0 Å². The number of carbonyl (C=O) groups is 1. The summed E-state index contributed by atoms with van der Waals surface area (Å²) in [6, 6.07) is 6.26. The number of amides is 1. The fourth-order valence-corrected chi connectivity index (χ4v) is 4.47. The van der Waals surface area contributed by atoms with Crippen LogP contribution in [0.2, 0.25) is 0 Å². The minimum atomic E-state index is -0.271. The lowest BCUT2D eigenvalue weighted by Crippen LogP contribution is -2.48. The second-order valence-corrected chi connectivity index (χ2v) is 7.75. The Bertz CT molecular complexity index is 953. The van der Waals surface area contributed by atoms with E-state index in [4.69, 9.17) is 4.74 Å². The van der Waals surface area contributed by atoms with Crippen LogP contribution in [0.4, 0.5) is 4.39 Å². The quantitative estimate of drug-likeness (QED) is 0.687. The number of hydrogen-bond acceptors (Lipinski definition) is 4. The van der Waals surface area contributed by atoms with Crippen molar-refractivity contribution in [2.24, 2.45) is 0 Å². The number of thiazole rings is 1. The Kier molecular flexibility index (Phi) is 4.28. The van der Waals surface area contributed by atoms with E-state index in [0.717, 1.165) is 21.9 Å². The first-order valence-corrected chi connectivity index (χ1v) is 9.43. The zero-order valence-corrected chi connectivity index (χ0v) is 15.7. The number of aryl methyl sites for hydroxylation is 1. The van der Waals surface area contributed by atoms with Gasteiger partial charge in [0.05, 0.1) is 17.9 Å². The number of benzene rings is 1. The number of carbonyl (C=O) groups excluding carboxylic acids is 1. The standard InChI is InChI=1S/C19H20FN3O2S/c1-11-8-22(9-12(2)25-11)18(24)17-13(3)23-10-16(21-19(23)26-17)14-4-6-15(20)7-5-14/h4-7,10-12H,8-9H2,1-3H3/t11-,12-/m1/s1. The zero-order valence-electron chi connectivity index (χ0n) is 14.9. The molecule has 4 rings (SSSR count). The molecule has 7 heteroatoms. The summed E-state index contributed by atoms with van der Waals surface area (Å²) in [5.74, 6) is -0.240. The summed E-state index contributed by atoms with van der Waals surface area (Å²) >= 11 is 1.39. The van der Waals surface area contributed by atoms with Crippen LogP contribution < -0.4 is 0 Å². The van der Waals surface area contributed by atoms with Gasteiger partial charge in [-0.15, -0.1) is 0 Å². The Labute approximate surface area is 155 Å². The van der Waals surface area contributed by atoms with Gasteiger partial charge in [0.25, 0.3) is 5.91 Å². The molecule has 2 aromatic heterocycles. The lowest BCUT2D eigenvalue weighted by atomic mass is 10.2. The molecule has 3 aromatic rings. The topological polar surface area (TPSA) is 46.8 Å². The van der Waals surface area contributed by atoms with Crippen molar-refractivity contribution in [3.8, 4) is 11.3 Å². The highest BCUT2D eigenvalue weighted by Gasteiger charge is 2.29. The Hall–Kier alpha value is -2.25.